The fourth-order valence-electron chi connectivity index (χ4n) is 3.71. The first-order valence-electron chi connectivity index (χ1n) is 10.9. The third kappa shape index (κ3) is 4.98. The molecule has 1 aliphatic heterocycles. The van der Waals surface area contributed by atoms with Crippen molar-refractivity contribution in [1.82, 2.24) is 34.5 Å². The van der Waals surface area contributed by atoms with Gasteiger partial charge in [-0.25, -0.2) is 4.68 Å². The largest absolute Gasteiger partial charge is 0.497 e. The van der Waals surface area contributed by atoms with Gasteiger partial charge in [-0.05, 0) is 50.0 Å². The van der Waals surface area contributed by atoms with Gasteiger partial charge >= 0.3 is 0 Å². The van der Waals surface area contributed by atoms with E-state index < -0.39 is 0 Å². The predicted octanol–water partition coefficient (Wildman–Crippen LogP) is 2.85. The minimum Gasteiger partial charge on any atom is -0.497 e. The molecule has 0 amide bonds. The summed E-state index contributed by atoms with van der Waals surface area (Å²) in [4.78, 5) is 4.72. The number of rotatable bonds is 8. The van der Waals surface area contributed by atoms with Gasteiger partial charge in [0.1, 0.15) is 5.75 Å². The van der Waals surface area contributed by atoms with E-state index in [1.807, 2.05) is 28.9 Å². The Kier molecular flexibility index (Phi) is 7.13. The van der Waals surface area contributed by atoms with Crippen LogP contribution in [0.25, 0.3) is 11.3 Å². The van der Waals surface area contributed by atoms with Crippen LogP contribution in [0, 0.1) is 4.77 Å². The monoisotopic (exact) mass is 454 g/mol. The first-order valence-corrected chi connectivity index (χ1v) is 11.3. The third-order valence-electron chi connectivity index (χ3n) is 5.65. The number of ether oxygens (including phenoxy) is 1. The van der Waals surface area contributed by atoms with E-state index in [2.05, 4.69) is 34.0 Å². The number of aromatic amines is 1. The maximum atomic E-state index is 5.74. The van der Waals surface area contributed by atoms with Gasteiger partial charge < -0.3 is 9.64 Å². The minimum absolute atomic E-state index is 0.609. The normalized spacial score (nSPS) is 15.6. The van der Waals surface area contributed by atoms with Crippen molar-refractivity contribution in [3.05, 3.63) is 46.6 Å². The van der Waals surface area contributed by atoms with Crippen LogP contribution in [-0.4, -0.2) is 81.0 Å². The summed E-state index contributed by atoms with van der Waals surface area (Å²) in [5, 5.41) is 16.8. The molecule has 0 radical (unpaired) electrons. The number of methoxy groups -OCH3 is 1. The van der Waals surface area contributed by atoms with E-state index in [-0.39, 0.29) is 0 Å². The van der Waals surface area contributed by atoms with Crippen LogP contribution in [0.15, 0.2) is 35.6 Å². The quantitative estimate of drug-likeness (QED) is 0.417. The van der Waals surface area contributed by atoms with Crippen molar-refractivity contribution in [3.8, 4) is 17.0 Å². The predicted molar refractivity (Wildman–Crippen MR) is 128 cm³/mol. The molecule has 1 saturated heterocycles. The summed E-state index contributed by atoms with van der Waals surface area (Å²) in [6, 6.07) is 7.84. The van der Waals surface area contributed by atoms with Crippen molar-refractivity contribution in [2.75, 3.05) is 40.3 Å². The summed E-state index contributed by atoms with van der Waals surface area (Å²) in [6.45, 7) is 6.96. The van der Waals surface area contributed by atoms with E-state index in [1.54, 1.807) is 24.2 Å². The zero-order valence-corrected chi connectivity index (χ0v) is 19.7. The average molecular weight is 455 g/mol. The lowest BCUT2D eigenvalue weighted by atomic mass is 10.1. The fraction of sp³-hybridized carbons (Fsp3) is 0.455. The third-order valence-corrected chi connectivity index (χ3v) is 6.03. The Balaban J connectivity index is 1.58. The standard InChI is InChI=1S/C22H30N8OS/c1-4-5-20-26-29(16-28-12-10-27(2)11-13-28)22(32)30(20)24-15-18-14-23-25-21(18)17-6-8-19(31-3)9-7-17/h6-9,14-15H,4-5,10-13,16H2,1-3H3,(H,23,25)/b24-15+. The highest BCUT2D eigenvalue weighted by molar-refractivity contribution is 7.71. The molecule has 9 nitrogen and oxygen atoms in total. The summed E-state index contributed by atoms with van der Waals surface area (Å²) in [7, 11) is 3.81. The maximum absolute atomic E-state index is 5.74. The Morgan fingerprint density at radius 3 is 2.62 bits per heavy atom. The minimum atomic E-state index is 0.609. The molecule has 10 heteroatoms. The number of nitrogens with one attached hydrogen (secondary N) is 1. The summed E-state index contributed by atoms with van der Waals surface area (Å²) < 4.78 is 9.53. The molecule has 1 fully saturated rings. The number of aromatic nitrogens is 5. The molecule has 0 bridgehead atoms. The molecule has 0 saturated carbocycles. The van der Waals surface area contributed by atoms with Gasteiger partial charge in [0.25, 0.3) is 0 Å². The molecule has 170 valence electrons. The van der Waals surface area contributed by atoms with Crippen LogP contribution in [0.2, 0.25) is 0 Å². The number of hydrogen-bond donors (Lipinski definition) is 1. The summed E-state index contributed by atoms with van der Waals surface area (Å²) in [6.07, 6.45) is 5.34. The Hall–Kier alpha value is -2.82. The van der Waals surface area contributed by atoms with Crippen molar-refractivity contribution in [2.45, 2.75) is 26.4 Å². The molecule has 0 unspecified atom stereocenters. The lowest BCUT2D eigenvalue weighted by Gasteiger charge is -2.31. The Morgan fingerprint density at radius 1 is 1.19 bits per heavy atom. The van der Waals surface area contributed by atoms with Crippen LogP contribution in [-0.2, 0) is 13.1 Å². The lowest BCUT2D eigenvalue weighted by molar-refractivity contribution is 0.118. The molecular formula is C22H30N8OS. The summed E-state index contributed by atoms with van der Waals surface area (Å²) in [5.74, 6) is 1.68. The second-order valence-electron chi connectivity index (χ2n) is 8.00. The van der Waals surface area contributed by atoms with Crippen molar-refractivity contribution in [2.24, 2.45) is 5.10 Å². The van der Waals surface area contributed by atoms with Crippen LogP contribution in [0.1, 0.15) is 24.7 Å². The molecule has 0 spiro atoms. The second-order valence-corrected chi connectivity index (χ2v) is 8.36. The van der Waals surface area contributed by atoms with E-state index in [9.17, 15) is 0 Å². The number of piperazine rings is 1. The molecule has 0 atom stereocenters. The zero-order chi connectivity index (χ0) is 22.5. The van der Waals surface area contributed by atoms with E-state index in [0.717, 1.165) is 67.4 Å². The molecule has 1 aliphatic rings. The Labute approximate surface area is 193 Å². The van der Waals surface area contributed by atoms with Gasteiger partial charge in [0.15, 0.2) is 5.82 Å². The van der Waals surface area contributed by atoms with Crippen LogP contribution in [0.4, 0.5) is 0 Å². The molecule has 32 heavy (non-hydrogen) atoms. The Bertz CT molecular complexity index is 1110. The topological polar surface area (TPSA) is 79.5 Å². The van der Waals surface area contributed by atoms with E-state index in [1.165, 1.54) is 0 Å². The van der Waals surface area contributed by atoms with Gasteiger partial charge in [0, 0.05) is 43.7 Å². The number of nitrogens with zero attached hydrogens (tertiary/aromatic N) is 7. The van der Waals surface area contributed by atoms with Gasteiger partial charge in [-0.2, -0.15) is 20.0 Å². The highest BCUT2D eigenvalue weighted by atomic mass is 32.1. The second kappa shape index (κ2) is 10.2. The van der Waals surface area contributed by atoms with Crippen LogP contribution >= 0.6 is 12.2 Å². The zero-order valence-electron chi connectivity index (χ0n) is 18.9. The molecule has 2 aromatic heterocycles. The Morgan fingerprint density at radius 2 is 1.94 bits per heavy atom. The molecule has 3 aromatic rings. The van der Waals surface area contributed by atoms with E-state index in [0.29, 0.717) is 11.4 Å². The number of hydrogen-bond acceptors (Lipinski definition) is 7. The first kappa shape index (κ1) is 22.4. The number of H-pyrrole nitrogens is 1. The van der Waals surface area contributed by atoms with Gasteiger partial charge in [-0.3, -0.25) is 10.00 Å². The fourth-order valence-corrected chi connectivity index (χ4v) is 3.96. The summed E-state index contributed by atoms with van der Waals surface area (Å²) in [5.41, 5.74) is 2.78. The van der Waals surface area contributed by atoms with Crippen molar-refractivity contribution in [3.63, 3.8) is 0 Å². The van der Waals surface area contributed by atoms with Crippen molar-refractivity contribution < 1.29 is 4.74 Å². The summed E-state index contributed by atoms with van der Waals surface area (Å²) >= 11 is 5.74. The molecule has 1 N–H and O–H groups in total. The SMILES string of the molecule is CCCc1nn(CN2CCN(C)CC2)c(=S)n1/N=C/c1cn[nH]c1-c1ccc(OC)cc1. The number of aryl methyl sites for hydroxylation is 1. The van der Waals surface area contributed by atoms with Crippen molar-refractivity contribution >= 4 is 18.4 Å². The molecule has 4 rings (SSSR count). The molecule has 3 heterocycles. The van der Waals surface area contributed by atoms with Gasteiger partial charge in [0.05, 0.1) is 31.9 Å². The smallest absolute Gasteiger partial charge is 0.220 e. The molecule has 1 aromatic carbocycles. The van der Waals surface area contributed by atoms with Gasteiger partial charge in [-0.15, -0.1) is 0 Å². The molecular weight excluding hydrogens is 424 g/mol. The van der Waals surface area contributed by atoms with E-state index in [4.69, 9.17) is 27.2 Å². The lowest BCUT2D eigenvalue weighted by Crippen LogP contribution is -2.45. The van der Waals surface area contributed by atoms with Crippen LogP contribution in [0.5, 0.6) is 5.75 Å². The highest BCUT2D eigenvalue weighted by Crippen LogP contribution is 2.23. The van der Waals surface area contributed by atoms with Crippen LogP contribution in [0.3, 0.4) is 0 Å². The maximum Gasteiger partial charge on any atom is 0.220 e. The first-order chi connectivity index (χ1) is 15.6. The molecule has 0 aliphatic carbocycles. The van der Waals surface area contributed by atoms with Crippen LogP contribution < -0.4 is 4.74 Å². The number of benzene rings is 1. The highest BCUT2D eigenvalue weighted by Gasteiger charge is 2.17. The average Bonchev–Trinajstić information content (AvgIpc) is 3.39. The van der Waals surface area contributed by atoms with E-state index >= 15 is 0 Å². The van der Waals surface area contributed by atoms with Crippen molar-refractivity contribution in [1.29, 1.82) is 0 Å². The van der Waals surface area contributed by atoms with Gasteiger partial charge in [0.2, 0.25) is 4.77 Å². The number of likely N-dealkylation sites (N-methyl/N-ethyl adjacent to an activating group) is 1. The van der Waals surface area contributed by atoms with Gasteiger partial charge in [-0.1, -0.05) is 6.92 Å².